The van der Waals surface area contributed by atoms with Crippen LogP contribution in [0.1, 0.15) is 41.5 Å². The van der Waals surface area contributed by atoms with Gasteiger partial charge in [0.1, 0.15) is 11.7 Å². The molecule has 1 aliphatic heterocycles. The molecule has 2 aromatic heterocycles. The number of carbonyl (C=O) groups excluding carboxylic acids is 1. The molecule has 0 aliphatic carbocycles. The number of hydrogen-bond donors (Lipinski definition) is 0. The van der Waals surface area contributed by atoms with Crippen LogP contribution in [0.4, 0.5) is 0 Å². The highest BCUT2D eigenvalue weighted by Gasteiger charge is 2.32. The zero-order chi connectivity index (χ0) is 18.8. The molecule has 6 nitrogen and oxygen atoms in total. The number of para-hydroxylation sites is 1. The molecule has 1 aromatic carbocycles. The van der Waals surface area contributed by atoms with E-state index in [1.54, 1.807) is 6.92 Å². The van der Waals surface area contributed by atoms with E-state index in [4.69, 9.17) is 21.1 Å². The number of fused-ring (bicyclic) bond motifs is 1. The largest absolute Gasteiger partial charge is 0.461 e. The quantitative estimate of drug-likeness (QED) is 0.465. The lowest BCUT2D eigenvalue weighted by atomic mass is 9.95. The molecule has 0 bridgehead atoms. The molecule has 4 rings (SSSR count). The highest BCUT2D eigenvalue weighted by molar-refractivity contribution is 7.07. The van der Waals surface area contributed by atoms with Crippen molar-refractivity contribution < 1.29 is 14.3 Å². The van der Waals surface area contributed by atoms with Crippen molar-refractivity contribution in [3.8, 4) is 0 Å². The summed E-state index contributed by atoms with van der Waals surface area (Å²) in [6.07, 6.45) is 3.32. The lowest BCUT2D eigenvalue weighted by molar-refractivity contribution is -0.0403. The summed E-state index contributed by atoms with van der Waals surface area (Å²) in [5.74, 6) is 0.391. The Labute approximate surface area is 166 Å². The molecule has 27 heavy (non-hydrogen) atoms. The van der Waals surface area contributed by atoms with Crippen LogP contribution in [-0.2, 0) is 16.0 Å². The number of nitrogens with zero attached hydrogens (tertiary/aromatic N) is 3. The third kappa shape index (κ3) is 4.00. The van der Waals surface area contributed by atoms with Crippen LogP contribution in [0.25, 0.3) is 10.9 Å². The van der Waals surface area contributed by atoms with E-state index in [0.29, 0.717) is 18.3 Å². The molecule has 1 saturated heterocycles. The van der Waals surface area contributed by atoms with Gasteiger partial charge in [-0.3, -0.25) is 0 Å². The van der Waals surface area contributed by atoms with Gasteiger partial charge in [-0.05, 0) is 54.7 Å². The summed E-state index contributed by atoms with van der Waals surface area (Å²) >= 11 is 7.40. The highest BCUT2D eigenvalue weighted by Crippen LogP contribution is 2.37. The Morgan fingerprint density at radius 1 is 1.37 bits per heavy atom. The Kier molecular flexibility index (Phi) is 5.43. The van der Waals surface area contributed by atoms with Crippen molar-refractivity contribution in [3.63, 3.8) is 0 Å². The van der Waals surface area contributed by atoms with Gasteiger partial charge in [-0.15, -0.1) is 0 Å². The summed E-state index contributed by atoms with van der Waals surface area (Å²) in [5.41, 5.74) is 0.813. The van der Waals surface area contributed by atoms with Crippen molar-refractivity contribution in [3.05, 3.63) is 47.4 Å². The Balaban J connectivity index is 1.49. The van der Waals surface area contributed by atoms with Crippen LogP contribution in [0.2, 0.25) is 0 Å². The van der Waals surface area contributed by atoms with E-state index < -0.39 is 11.5 Å². The maximum atomic E-state index is 11.8. The fourth-order valence-electron chi connectivity index (χ4n) is 3.49. The van der Waals surface area contributed by atoms with E-state index >= 15 is 0 Å². The summed E-state index contributed by atoms with van der Waals surface area (Å²) in [4.78, 5) is 16.1. The van der Waals surface area contributed by atoms with Gasteiger partial charge in [0.25, 0.3) is 0 Å². The van der Waals surface area contributed by atoms with Gasteiger partial charge in [-0.1, -0.05) is 29.8 Å². The highest BCUT2D eigenvalue weighted by atomic mass is 35.5. The van der Waals surface area contributed by atoms with Gasteiger partial charge < -0.3 is 14.0 Å². The minimum atomic E-state index is -0.449. The summed E-state index contributed by atoms with van der Waals surface area (Å²) in [6.45, 7) is 2.92. The molecule has 3 unspecified atom stereocenters. The average Bonchev–Trinajstić information content (AvgIpc) is 3.30. The van der Waals surface area contributed by atoms with Crippen LogP contribution >= 0.6 is 23.1 Å². The van der Waals surface area contributed by atoms with E-state index in [1.807, 2.05) is 12.1 Å². The summed E-state index contributed by atoms with van der Waals surface area (Å²) in [5, 5.41) is 1.48. The molecule has 0 radical (unpaired) electrons. The predicted molar refractivity (Wildman–Crippen MR) is 104 cm³/mol. The van der Waals surface area contributed by atoms with Gasteiger partial charge in [0.15, 0.2) is 5.82 Å². The summed E-state index contributed by atoms with van der Waals surface area (Å²) in [6, 6.07) is 10.4. The van der Waals surface area contributed by atoms with Gasteiger partial charge >= 0.3 is 5.97 Å². The molecule has 1 fully saturated rings. The number of benzene rings is 1. The summed E-state index contributed by atoms with van der Waals surface area (Å²) < 4.78 is 17.4. The Hall–Kier alpha value is -1.96. The second kappa shape index (κ2) is 7.96. The van der Waals surface area contributed by atoms with Crippen LogP contribution in [0, 0.1) is 5.92 Å². The van der Waals surface area contributed by atoms with E-state index in [1.165, 1.54) is 10.9 Å². The monoisotopic (exact) mass is 405 g/mol. The smallest absolute Gasteiger partial charge is 0.369 e. The topological polar surface area (TPSA) is 66.2 Å². The zero-order valence-electron chi connectivity index (χ0n) is 14.9. The molecule has 0 N–H and O–H groups in total. The third-order valence-corrected chi connectivity index (χ3v) is 5.68. The second-order valence-electron chi connectivity index (χ2n) is 6.58. The van der Waals surface area contributed by atoms with E-state index in [-0.39, 0.29) is 11.1 Å². The lowest BCUT2D eigenvalue weighted by Crippen LogP contribution is -2.28. The molecule has 1 aliphatic rings. The normalized spacial score (nSPS) is 22.8. The number of alkyl halides is 1. The first-order chi connectivity index (χ1) is 13.1. The number of halogens is 1. The van der Waals surface area contributed by atoms with Gasteiger partial charge in [0.05, 0.1) is 6.61 Å². The summed E-state index contributed by atoms with van der Waals surface area (Å²) in [7, 11) is 0. The van der Waals surface area contributed by atoms with Crippen molar-refractivity contribution in [2.45, 2.75) is 38.0 Å². The van der Waals surface area contributed by atoms with Gasteiger partial charge in [-0.2, -0.15) is 4.37 Å². The molecule has 0 saturated carbocycles. The standard InChI is InChI=1S/C19H20ClN3O3S/c1-2-25-19(24)18-21-17(22-27-18)15-9-12(10-16(20)26-15)11-23-8-7-13-5-3-4-6-14(13)23/h3-8,12,15-16H,2,9-11H2,1H3. The molecule has 142 valence electrons. The Bertz CT molecular complexity index is 941. The predicted octanol–water partition coefficient (Wildman–Crippen LogP) is 4.40. The van der Waals surface area contributed by atoms with E-state index in [0.717, 1.165) is 30.9 Å². The second-order valence-corrected chi connectivity index (χ2v) is 7.82. The first-order valence-electron chi connectivity index (χ1n) is 8.98. The first kappa shape index (κ1) is 18.4. The van der Waals surface area contributed by atoms with Crippen LogP contribution in [0.5, 0.6) is 0 Å². The van der Waals surface area contributed by atoms with Crippen molar-refractivity contribution in [1.82, 2.24) is 13.9 Å². The van der Waals surface area contributed by atoms with Gasteiger partial charge in [0, 0.05) is 18.3 Å². The van der Waals surface area contributed by atoms with Gasteiger partial charge in [-0.25, -0.2) is 9.78 Å². The Morgan fingerprint density at radius 2 is 2.22 bits per heavy atom. The molecule has 0 spiro atoms. The maximum absolute atomic E-state index is 11.8. The minimum absolute atomic E-state index is 0.250. The van der Waals surface area contributed by atoms with Crippen molar-refractivity contribution >= 4 is 40.0 Å². The maximum Gasteiger partial charge on any atom is 0.369 e. The number of carbonyl (C=O) groups is 1. The van der Waals surface area contributed by atoms with E-state index in [2.05, 4.69) is 38.3 Å². The molecule has 3 heterocycles. The zero-order valence-corrected chi connectivity index (χ0v) is 16.4. The fraction of sp³-hybridized carbons (Fsp3) is 0.421. The van der Waals surface area contributed by atoms with Gasteiger partial charge in [0.2, 0.25) is 5.01 Å². The van der Waals surface area contributed by atoms with Crippen molar-refractivity contribution in [2.75, 3.05) is 6.61 Å². The number of esters is 1. The van der Waals surface area contributed by atoms with Crippen molar-refractivity contribution in [2.24, 2.45) is 5.92 Å². The van der Waals surface area contributed by atoms with Crippen LogP contribution in [-0.4, -0.2) is 32.1 Å². The lowest BCUT2D eigenvalue weighted by Gasteiger charge is -2.31. The van der Waals surface area contributed by atoms with Crippen LogP contribution in [0.15, 0.2) is 36.5 Å². The molecule has 3 aromatic rings. The number of hydrogen-bond acceptors (Lipinski definition) is 6. The van der Waals surface area contributed by atoms with E-state index in [9.17, 15) is 4.79 Å². The average molecular weight is 406 g/mol. The molecule has 8 heteroatoms. The number of rotatable bonds is 5. The third-order valence-electron chi connectivity index (χ3n) is 4.69. The number of ether oxygens (including phenoxy) is 2. The number of aromatic nitrogens is 3. The van der Waals surface area contributed by atoms with Crippen LogP contribution < -0.4 is 0 Å². The fourth-order valence-corrected chi connectivity index (χ4v) is 4.47. The molecular weight excluding hydrogens is 386 g/mol. The molecular formula is C19H20ClN3O3S. The molecule has 0 amide bonds. The minimum Gasteiger partial charge on any atom is -0.461 e. The van der Waals surface area contributed by atoms with Crippen LogP contribution in [0.3, 0.4) is 0 Å². The van der Waals surface area contributed by atoms with Crippen molar-refractivity contribution in [1.29, 1.82) is 0 Å². The SMILES string of the molecule is CCOC(=O)c1nc(C2CC(Cn3ccc4ccccc43)CC(Cl)O2)ns1. The first-order valence-corrected chi connectivity index (χ1v) is 10.2. The molecule has 3 atom stereocenters. The Morgan fingerprint density at radius 3 is 3.07 bits per heavy atom.